The van der Waals surface area contributed by atoms with Crippen LogP contribution in [0.5, 0.6) is 0 Å². The van der Waals surface area contributed by atoms with Crippen molar-refractivity contribution in [3.63, 3.8) is 0 Å². The lowest BCUT2D eigenvalue weighted by Crippen LogP contribution is -2.24. The zero-order chi connectivity index (χ0) is 18.7. The Labute approximate surface area is 144 Å². The van der Waals surface area contributed by atoms with Crippen LogP contribution < -0.4 is 0 Å². The average Bonchev–Trinajstić information content (AvgIpc) is 3.27. The third-order valence-electron chi connectivity index (χ3n) is 3.83. The molecule has 0 fully saturated rings. The van der Waals surface area contributed by atoms with Crippen LogP contribution in [0.3, 0.4) is 0 Å². The molecule has 0 aliphatic carbocycles. The highest BCUT2D eigenvalue weighted by Gasteiger charge is 2.32. The van der Waals surface area contributed by atoms with Crippen LogP contribution in [0, 0.1) is 11.7 Å². The van der Waals surface area contributed by atoms with Crippen LogP contribution >= 0.6 is 0 Å². The van der Waals surface area contributed by atoms with Crippen LogP contribution in [0.2, 0.25) is 0 Å². The topological polar surface area (TPSA) is 61.4 Å². The van der Waals surface area contributed by atoms with Crippen molar-refractivity contribution in [2.24, 2.45) is 5.92 Å². The number of benzene rings is 1. The average molecular weight is 372 g/mol. The van der Waals surface area contributed by atoms with Gasteiger partial charge in [-0.25, -0.2) is 23.4 Å². The zero-order valence-electron chi connectivity index (χ0n) is 13.2. The van der Waals surface area contributed by atoms with Crippen LogP contribution in [0.4, 0.5) is 22.0 Å². The van der Waals surface area contributed by atoms with Gasteiger partial charge in [0, 0.05) is 5.92 Å². The van der Waals surface area contributed by atoms with E-state index in [4.69, 9.17) is 0 Å². The molecule has 1 aromatic carbocycles. The second-order valence-corrected chi connectivity index (χ2v) is 5.63. The van der Waals surface area contributed by atoms with Crippen molar-refractivity contribution < 1.29 is 22.0 Å². The molecule has 0 saturated carbocycles. The number of halogens is 5. The lowest BCUT2D eigenvalue weighted by molar-refractivity contribution is -0.137. The van der Waals surface area contributed by atoms with Crippen molar-refractivity contribution in [1.82, 2.24) is 29.5 Å². The Morgan fingerprint density at radius 1 is 1.04 bits per heavy atom. The minimum atomic E-state index is -4.65. The van der Waals surface area contributed by atoms with Gasteiger partial charge >= 0.3 is 6.18 Å². The molecule has 6 nitrogen and oxygen atoms in total. The summed E-state index contributed by atoms with van der Waals surface area (Å²) in [6.45, 7) is 0.0293. The molecule has 0 spiro atoms. The molecule has 26 heavy (non-hydrogen) atoms. The number of hydrogen-bond donors (Lipinski definition) is 0. The van der Waals surface area contributed by atoms with Gasteiger partial charge in [-0.2, -0.15) is 23.4 Å². The van der Waals surface area contributed by atoms with Gasteiger partial charge in [0.15, 0.2) is 6.30 Å². The minimum Gasteiger partial charge on any atom is -0.253 e. The molecule has 0 saturated heterocycles. The summed E-state index contributed by atoms with van der Waals surface area (Å²) in [6, 6.07) is 2.19. The SMILES string of the molecule is Fc1cc(C(F)(F)F)ccc1CC(Cn1cncn1)C(F)n1cncn1. The third kappa shape index (κ3) is 4.03. The first-order chi connectivity index (χ1) is 12.3. The van der Waals surface area contributed by atoms with E-state index in [1.165, 1.54) is 23.7 Å². The van der Waals surface area contributed by atoms with Gasteiger partial charge in [0.05, 0.1) is 12.1 Å². The summed E-state index contributed by atoms with van der Waals surface area (Å²) in [5, 5.41) is 7.60. The van der Waals surface area contributed by atoms with Crippen LogP contribution in [0.25, 0.3) is 0 Å². The number of nitrogens with zero attached hydrogens (tertiary/aromatic N) is 6. The summed E-state index contributed by atoms with van der Waals surface area (Å²) in [4.78, 5) is 7.42. The van der Waals surface area contributed by atoms with Gasteiger partial charge in [0.2, 0.25) is 0 Å². The molecular weight excluding hydrogens is 359 g/mol. The van der Waals surface area contributed by atoms with Gasteiger partial charge < -0.3 is 0 Å². The fourth-order valence-corrected chi connectivity index (χ4v) is 2.55. The standard InChI is InChI=1S/C15H13F5N6/c16-13-4-12(15(18,19)20)2-1-10(13)3-11(5-25-8-21-6-23-25)14(17)26-9-22-7-24-26/h1-2,4,6-9,11,14H,3,5H2. The van der Waals surface area contributed by atoms with E-state index in [2.05, 4.69) is 20.2 Å². The minimum absolute atomic E-state index is 0.0293. The molecule has 3 rings (SSSR count). The Hall–Kier alpha value is -2.85. The maximum atomic E-state index is 14.8. The van der Waals surface area contributed by atoms with Gasteiger partial charge in [-0.05, 0) is 24.1 Å². The number of alkyl halides is 4. The fraction of sp³-hybridized carbons (Fsp3) is 0.333. The van der Waals surface area contributed by atoms with Crippen LogP contribution in [-0.4, -0.2) is 29.5 Å². The second kappa shape index (κ2) is 7.18. The first kappa shape index (κ1) is 18.0. The first-order valence-electron chi connectivity index (χ1n) is 7.51. The highest BCUT2D eigenvalue weighted by molar-refractivity contribution is 5.26. The van der Waals surface area contributed by atoms with E-state index in [0.717, 1.165) is 23.1 Å². The molecular formula is C15H13F5N6. The van der Waals surface area contributed by atoms with E-state index in [-0.39, 0.29) is 18.5 Å². The first-order valence-corrected chi connectivity index (χ1v) is 7.51. The van der Waals surface area contributed by atoms with E-state index in [1.807, 2.05) is 0 Å². The van der Waals surface area contributed by atoms with Crippen LogP contribution in [0.1, 0.15) is 17.4 Å². The Morgan fingerprint density at radius 2 is 1.77 bits per heavy atom. The largest absolute Gasteiger partial charge is 0.416 e. The molecule has 0 bridgehead atoms. The summed E-state index contributed by atoms with van der Waals surface area (Å²) in [6.07, 6.45) is -1.54. The summed E-state index contributed by atoms with van der Waals surface area (Å²) in [5.41, 5.74) is -1.13. The summed E-state index contributed by atoms with van der Waals surface area (Å²) < 4.78 is 69.3. The smallest absolute Gasteiger partial charge is 0.253 e. The lowest BCUT2D eigenvalue weighted by atomic mass is 9.96. The number of aromatic nitrogens is 6. The summed E-state index contributed by atoms with van der Waals surface area (Å²) in [5.74, 6) is -1.90. The fourth-order valence-electron chi connectivity index (χ4n) is 2.55. The van der Waals surface area contributed by atoms with Gasteiger partial charge in [-0.3, -0.25) is 4.68 Å². The van der Waals surface area contributed by atoms with E-state index in [9.17, 15) is 22.0 Å². The number of hydrogen-bond acceptors (Lipinski definition) is 4. The molecule has 0 N–H and O–H groups in total. The third-order valence-corrected chi connectivity index (χ3v) is 3.83. The van der Waals surface area contributed by atoms with Crippen LogP contribution in [0.15, 0.2) is 43.5 Å². The molecule has 2 heterocycles. The van der Waals surface area contributed by atoms with E-state index in [1.54, 1.807) is 0 Å². The Morgan fingerprint density at radius 3 is 2.35 bits per heavy atom. The monoisotopic (exact) mass is 372 g/mol. The molecule has 0 radical (unpaired) electrons. The maximum absolute atomic E-state index is 14.8. The predicted molar refractivity (Wildman–Crippen MR) is 78.8 cm³/mol. The van der Waals surface area contributed by atoms with Crippen molar-refractivity contribution in [3.8, 4) is 0 Å². The Balaban J connectivity index is 1.85. The van der Waals surface area contributed by atoms with E-state index < -0.39 is 29.8 Å². The lowest BCUT2D eigenvalue weighted by Gasteiger charge is -2.21. The molecule has 0 aliphatic heterocycles. The van der Waals surface area contributed by atoms with Crippen LogP contribution in [-0.2, 0) is 19.1 Å². The van der Waals surface area contributed by atoms with Gasteiger partial charge in [0.1, 0.15) is 31.1 Å². The maximum Gasteiger partial charge on any atom is 0.416 e. The van der Waals surface area contributed by atoms with Crippen molar-refractivity contribution >= 4 is 0 Å². The van der Waals surface area contributed by atoms with E-state index >= 15 is 0 Å². The highest BCUT2D eigenvalue weighted by atomic mass is 19.4. The van der Waals surface area contributed by atoms with Gasteiger partial charge in [0.25, 0.3) is 0 Å². The molecule has 2 atom stereocenters. The number of rotatable bonds is 6. The predicted octanol–water partition coefficient (Wildman–Crippen LogP) is 3.05. The molecule has 3 aromatic rings. The zero-order valence-corrected chi connectivity index (χ0v) is 13.2. The van der Waals surface area contributed by atoms with Crippen molar-refractivity contribution in [3.05, 3.63) is 60.5 Å². The van der Waals surface area contributed by atoms with E-state index in [0.29, 0.717) is 6.07 Å². The Kier molecular flexibility index (Phi) is 4.96. The highest BCUT2D eigenvalue weighted by Crippen LogP contribution is 2.32. The van der Waals surface area contributed by atoms with Gasteiger partial charge in [-0.15, -0.1) is 0 Å². The summed E-state index contributed by atoms with van der Waals surface area (Å²) in [7, 11) is 0. The normalized spacial score (nSPS) is 14.3. The molecule has 2 unspecified atom stereocenters. The Bertz CT molecular complexity index is 831. The molecule has 11 heteroatoms. The molecule has 0 aliphatic rings. The van der Waals surface area contributed by atoms with Gasteiger partial charge in [-0.1, -0.05) is 6.07 Å². The molecule has 138 valence electrons. The molecule has 2 aromatic heterocycles. The summed E-state index contributed by atoms with van der Waals surface area (Å²) >= 11 is 0. The van der Waals surface area contributed by atoms with Crippen molar-refractivity contribution in [2.75, 3.05) is 0 Å². The quantitative estimate of drug-likeness (QED) is 0.624. The van der Waals surface area contributed by atoms with Crippen molar-refractivity contribution in [2.45, 2.75) is 25.4 Å². The second-order valence-electron chi connectivity index (χ2n) is 5.63. The molecule has 0 amide bonds. The van der Waals surface area contributed by atoms with Crippen molar-refractivity contribution in [1.29, 1.82) is 0 Å².